The number of aromatic amines is 2. The van der Waals surface area contributed by atoms with Gasteiger partial charge >= 0.3 is 5.69 Å². The van der Waals surface area contributed by atoms with Crippen LogP contribution in [0, 0.1) is 11.3 Å². The molecule has 1 heterocycles. The molecule has 0 unspecified atom stereocenters. The van der Waals surface area contributed by atoms with E-state index in [-0.39, 0.29) is 5.69 Å². The molecule has 1 aromatic carbocycles. The average molecular weight is 173 g/mol. The highest BCUT2D eigenvalue weighted by atomic mass is 16.1. The first-order valence-electron chi connectivity index (χ1n) is 3.87. The van der Waals surface area contributed by atoms with Crippen molar-refractivity contribution in [3.63, 3.8) is 0 Å². The highest BCUT2D eigenvalue weighted by Crippen LogP contribution is 2.09. The molecule has 64 valence electrons. The van der Waals surface area contributed by atoms with Crippen LogP contribution in [0.3, 0.4) is 0 Å². The van der Waals surface area contributed by atoms with E-state index in [9.17, 15) is 4.79 Å². The highest BCUT2D eigenvalue weighted by molar-refractivity contribution is 5.75. The number of hydrogen-bond donors (Lipinski definition) is 2. The third-order valence-electron chi connectivity index (χ3n) is 1.86. The first-order chi connectivity index (χ1) is 6.29. The van der Waals surface area contributed by atoms with E-state index in [2.05, 4.69) is 16.0 Å². The van der Waals surface area contributed by atoms with E-state index in [1.807, 2.05) is 6.07 Å². The smallest absolute Gasteiger partial charge is 0.306 e. The lowest BCUT2D eigenvalue weighted by Crippen LogP contribution is -1.99. The maximum atomic E-state index is 10.9. The van der Waals surface area contributed by atoms with Gasteiger partial charge in [-0.25, -0.2) is 4.79 Å². The van der Waals surface area contributed by atoms with Crippen LogP contribution < -0.4 is 5.69 Å². The Bertz CT molecular complexity index is 530. The lowest BCUT2D eigenvalue weighted by atomic mass is 10.1. The second kappa shape index (κ2) is 2.79. The molecule has 0 radical (unpaired) electrons. The van der Waals surface area contributed by atoms with Gasteiger partial charge in [-0.3, -0.25) is 0 Å². The van der Waals surface area contributed by atoms with Crippen LogP contribution in [0.2, 0.25) is 0 Å². The fraction of sp³-hybridized carbons (Fsp3) is 0.111. The molecule has 2 N–H and O–H groups in total. The Morgan fingerprint density at radius 1 is 1.31 bits per heavy atom. The number of nitrogens with zero attached hydrogens (tertiary/aromatic N) is 1. The second-order valence-corrected chi connectivity index (χ2v) is 2.79. The summed E-state index contributed by atoms with van der Waals surface area (Å²) in [6, 6.07) is 7.48. The fourth-order valence-electron chi connectivity index (χ4n) is 1.28. The standard InChI is InChI=1S/C9H7N3O/c10-4-3-6-1-2-7-8(5-6)12-9(13)11-7/h1-2,5H,3H2,(H2,11,12,13). The van der Waals surface area contributed by atoms with Gasteiger partial charge in [0.2, 0.25) is 0 Å². The van der Waals surface area contributed by atoms with E-state index < -0.39 is 0 Å². The Kier molecular flexibility index (Phi) is 1.64. The molecule has 4 nitrogen and oxygen atoms in total. The van der Waals surface area contributed by atoms with Gasteiger partial charge in [-0.05, 0) is 17.7 Å². The van der Waals surface area contributed by atoms with Crippen LogP contribution in [0.4, 0.5) is 0 Å². The Morgan fingerprint density at radius 3 is 2.85 bits per heavy atom. The second-order valence-electron chi connectivity index (χ2n) is 2.79. The van der Waals surface area contributed by atoms with Gasteiger partial charge in [0.1, 0.15) is 0 Å². The zero-order valence-corrected chi connectivity index (χ0v) is 6.79. The number of nitriles is 1. The number of imidazole rings is 1. The van der Waals surface area contributed by atoms with E-state index in [0.717, 1.165) is 16.6 Å². The molecule has 0 atom stereocenters. The van der Waals surface area contributed by atoms with E-state index in [0.29, 0.717) is 6.42 Å². The molecule has 0 aliphatic carbocycles. The van der Waals surface area contributed by atoms with E-state index in [4.69, 9.17) is 5.26 Å². The maximum Gasteiger partial charge on any atom is 0.323 e. The Morgan fingerprint density at radius 2 is 2.08 bits per heavy atom. The largest absolute Gasteiger partial charge is 0.323 e. The molecule has 0 amide bonds. The van der Waals surface area contributed by atoms with Gasteiger partial charge < -0.3 is 9.97 Å². The summed E-state index contributed by atoms with van der Waals surface area (Å²) in [5, 5.41) is 8.47. The number of benzene rings is 1. The molecule has 0 aliphatic heterocycles. The number of hydrogen-bond acceptors (Lipinski definition) is 2. The summed E-state index contributed by atoms with van der Waals surface area (Å²) < 4.78 is 0. The van der Waals surface area contributed by atoms with Gasteiger partial charge in [0.15, 0.2) is 0 Å². The van der Waals surface area contributed by atoms with Crippen molar-refractivity contribution in [2.45, 2.75) is 6.42 Å². The number of H-pyrrole nitrogens is 2. The van der Waals surface area contributed by atoms with Crippen LogP contribution in [0.1, 0.15) is 5.56 Å². The molecule has 0 saturated carbocycles. The summed E-state index contributed by atoms with van der Waals surface area (Å²) in [7, 11) is 0. The zero-order valence-electron chi connectivity index (χ0n) is 6.79. The number of nitrogens with one attached hydrogen (secondary N) is 2. The predicted molar refractivity (Wildman–Crippen MR) is 48.2 cm³/mol. The first-order valence-corrected chi connectivity index (χ1v) is 3.87. The molecule has 1 aromatic heterocycles. The van der Waals surface area contributed by atoms with E-state index >= 15 is 0 Å². The molecule has 2 aromatic rings. The average Bonchev–Trinajstić information content (AvgIpc) is 2.44. The molecular formula is C9H7N3O. The summed E-state index contributed by atoms with van der Waals surface area (Å²) >= 11 is 0. The Hall–Kier alpha value is -2.02. The van der Waals surface area contributed by atoms with Crippen LogP contribution in [-0.2, 0) is 6.42 Å². The minimum absolute atomic E-state index is 0.218. The summed E-state index contributed by atoms with van der Waals surface area (Å²) in [6.07, 6.45) is 0.364. The van der Waals surface area contributed by atoms with Gasteiger partial charge in [-0.15, -0.1) is 0 Å². The van der Waals surface area contributed by atoms with Gasteiger partial charge in [-0.1, -0.05) is 6.07 Å². The van der Waals surface area contributed by atoms with Crippen molar-refractivity contribution < 1.29 is 0 Å². The van der Waals surface area contributed by atoms with Crippen LogP contribution >= 0.6 is 0 Å². The third kappa shape index (κ3) is 1.32. The Balaban J connectivity index is 2.62. The topological polar surface area (TPSA) is 72.4 Å². The molecule has 0 fully saturated rings. The van der Waals surface area contributed by atoms with Crippen LogP contribution in [0.5, 0.6) is 0 Å². The van der Waals surface area contributed by atoms with Gasteiger partial charge in [-0.2, -0.15) is 5.26 Å². The molecule has 0 aliphatic rings. The molecule has 0 spiro atoms. The minimum atomic E-state index is -0.218. The van der Waals surface area contributed by atoms with Crippen molar-refractivity contribution in [3.8, 4) is 6.07 Å². The van der Waals surface area contributed by atoms with Crippen molar-refractivity contribution in [3.05, 3.63) is 34.2 Å². The van der Waals surface area contributed by atoms with Crippen molar-refractivity contribution in [1.82, 2.24) is 9.97 Å². The van der Waals surface area contributed by atoms with Gasteiger partial charge in [0.25, 0.3) is 0 Å². The molecule has 2 rings (SSSR count). The van der Waals surface area contributed by atoms with E-state index in [1.165, 1.54) is 0 Å². The molecule has 0 bridgehead atoms. The molecule has 0 saturated heterocycles. The summed E-state index contributed by atoms with van der Waals surface area (Å²) in [6.45, 7) is 0. The van der Waals surface area contributed by atoms with Crippen LogP contribution in [0.15, 0.2) is 23.0 Å². The normalized spacial score (nSPS) is 10.1. The number of fused-ring (bicyclic) bond motifs is 1. The fourth-order valence-corrected chi connectivity index (χ4v) is 1.28. The van der Waals surface area contributed by atoms with Crippen LogP contribution in [-0.4, -0.2) is 9.97 Å². The third-order valence-corrected chi connectivity index (χ3v) is 1.86. The van der Waals surface area contributed by atoms with E-state index in [1.54, 1.807) is 12.1 Å². The lowest BCUT2D eigenvalue weighted by Gasteiger charge is -1.92. The Labute approximate surface area is 73.8 Å². The number of rotatable bonds is 1. The first kappa shape index (κ1) is 7.62. The monoisotopic (exact) mass is 173 g/mol. The molecular weight excluding hydrogens is 166 g/mol. The summed E-state index contributed by atoms with van der Waals surface area (Å²) in [5.74, 6) is 0. The van der Waals surface area contributed by atoms with Crippen molar-refractivity contribution in [2.24, 2.45) is 0 Å². The minimum Gasteiger partial charge on any atom is -0.306 e. The molecule has 4 heteroatoms. The maximum absolute atomic E-state index is 10.9. The van der Waals surface area contributed by atoms with Crippen molar-refractivity contribution in [2.75, 3.05) is 0 Å². The number of aromatic nitrogens is 2. The predicted octanol–water partition coefficient (Wildman–Crippen LogP) is 0.922. The lowest BCUT2D eigenvalue weighted by molar-refractivity contribution is 1.21. The quantitative estimate of drug-likeness (QED) is 0.673. The van der Waals surface area contributed by atoms with Gasteiger partial charge in [0.05, 0.1) is 23.5 Å². The highest BCUT2D eigenvalue weighted by Gasteiger charge is 1.98. The van der Waals surface area contributed by atoms with Crippen LogP contribution in [0.25, 0.3) is 11.0 Å². The summed E-state index contributed by atoms with van der Waals surface area (Å²) in [5.41, 5.74) is 2.21. The summed E-state index contributed by atoms with van der Waals surface area (Å²) in [4.78, 5) is 16.2. The van der Waals surface area contributed by atoms with Crippen molar-refractivity contribution in [1.29, 1.82) is 5.26 Å². The SMILES string of the molecule is N#CCc1ccc2[nH]c(=O)[nH]c2c1. The molecule has 13 heavy (non-hydrogen) atoms. The van der Waals surface area contributed by atoms with Crippen molar-refractivity contribution >= 4 is 11.0 Å². The zero-order chi connectivity index (χ0) is 9.26. The van der Waals surface area contributed by atoms with Gasteiger partial charge in [0, 0.05) is 0 Å².